The van der Waals surface area contributed by atoms with E-state index in [0.717, 1.165) is 26.1 Å². The van der Waals surface area contributed by atoms with Crippen molar-refractivity contribution in [3.05, 3.63) is 70.3 Å². The van der Waals surface area contributed by atoms with Crippen molar-refractivity contribution in [2.75, 3.05) is 11.5 Å². The lowest BCUT2D eigenvalue weighted by molar-refractivity contribution is -0.173. The lowest BCUT2D eigenvalue weighted by Gasteiger charge is -2.49. The number of aryl methyl sites for hydroxylation is 2. The molecule has 11 nitrogen and oxygen atoms in total. The summed E-state index contributed by atoms with van der Waals surface area (Å²) in [7, 11) is 1.70. The number of aromatic hydroxyl groups is 1. The monoisotopic (exact) mass is 700 g/mol. The minimum Gasteiger partial charge on any atom is -0.504 e. The smallest absolute Gasteiger partial charge is 0.257 e. The number of ether oxygens (including phenoxy) is 1. The van der Waals surface area contributed by atoms with Crippen LogP contribution < -0.4 is 9.64 Å². The van der Waals surface area contributed by atoms with E-state index in [0.29, 0.717) is 28.7 Å². The zero-order chi connectivity index (χ0) is 34.7. The molecule has 49 heavy (non-hydrogen) atoms. The molecule has 2 saturated heterocycles. The van der Waals surface area contributed by atoms with Crippen molar-refractivity contribution in [1.29, 1.82) is 0 Å². The summed E-state index contributed by atoms with van der Waals surface area (Å²) in [6.45, 7) is 5.86. The van der Waals surface area contributed by atoms with Crippen LogP contribution in [-0.2, 0) is 26.2 Å². The zero-order valence-corrected chi connectivity index (χ0v) is 28.7. The number of rotatable bonds is 5. The van der Waals surface area contributed by atoms with Gasteiger partial charge >= 0.3 is 0 Å². The van der Waals surface area contributed by atoms with Crippen molar-refractivity contribution in [1.82, 2.24) is 14.8 Å². The molecule has 4 heterocycles. The number of benzene rings is 2. The number of amides is 4. The van der Waals surface area contributed by atoms with Crippen LogP contribution in [0.5, 0.6) is 11.5 Å². The molecule has 0 spiro atoms. The van der Waals surface area contributed by atoms with Gasteiger partial charge in [-0.05, 0) is 86.4 Å². The highest BCUT2D eigenvalue weighted by molar-refractivity contribution is 7.22. The molecule has 2 aromatic carbocycles. The van der Waals surface area contributed by atoms with Gasteiger partial charge in [-0.2, -0.15) is 10.2 Å². The van der Waals surface area contributed by atoms with Crippen LogP contribution in [0.15, 0.2) is 54.1 Å². The van der Waals surface area contributed by atoms with Crippen LogP contribution in [0.25, 0.3) is 20.7 Å². The van der Waals surface area contributed by atoms with Gasteiger partial charge < -0.3 is 9.84 Å². The Morgan fingerprint density at radius 1 is 1.06 bits per heavy atom. The van der Waals surface area contributed by atoms with Crippen LogP contribution in [0.3, 0.4) is 0 Å². The average molecular weight is 701 g/mol. The lowest BCUT2D eigenvalue weighted by Crippen LogP contribution is -2.48. The maximum absolute atomic E-state index is 14.9. The number of halogens is 1. The average Bonchev–Trinajstić information content (AvgIpc) is 3.73. The van der Waals surface area contributed by atoms with Crippen LogP contribution in [0, 0.1) is 36.0 Å². The van der Waals surface area contributed by atoms with Gasteiger partial charge in [0.15, 0.2) is 11.5 Å². The van der Waals surface area contributed by atoms with Gasteiger partial charge in [0.2, 0.25) is 11.8 Å². The normalized spacial score (nSPS) is 27.9. The molecule has 3 fully saturated rings. The number of anilines is 1. The molecule has 0 radical (unpaired) electrons. The van der Waals surface area contributed by atoms with Gasteiger partial charge in [-0.25, -0.2) is 4.90 Å². The van der Waals surface area contributed by atoms with Crippen LogP contribution in [0.2, 0.25) is 5.02 Å². The molecule has 2 N–H and O–H groups in total. The molecule has 2 aliphatic carbocycles. The molecule has 4 amide bonds. The lowest BCUT2D eigenvalue weighted by atomic mass is 9.51. The van der Waals surface area contributed by atoms with Gasteiger partial charge in [0, 0.05) is 28.8 Å². The van der Waals surface area contributed by atoms with Crippen molar-refractivity contribution in [3.63, 3.8) is 0 Å². The summed E-state index contributed by atoms with van der Waals surface area (Å²) in [6, 6.07) is 12.3. The number of hydrogen-bond acceptors (Lipinski definition) is 9. The molecule has 0 bridgehead atoms. The Bertz CT molecular complexity index is 2170. The molecule has 8 rings (SSSR count). The van der Waals surface area contributed by atoms with Crippen molar-refractivity contribution in [2.45, 2.75) is 39.5 Å². The van der Waals surface area contributed by atoms with E-state index in [-0.39, 0.29) is 29.4 Å². The Balaban J connectivity index is 1.26. The van der Waals surface area contributed by atoms with Gasteiger partial charge in [0.25, 0.3) is 11.8 Å². The Morgan fingerprint density at radius 2 is 1.84 bits per heavy atom. The number of hydrogen-bond donors (Lipinski definition) is 2. The maximum atomic E-state index is 14.9. The second-order valence-electron chi connectivity index (χ2n) is 13.5. The number of allylic oxidation sites excluding steroid dienone is 2. The number of imide groups is 2. The molecule has 6 atom stereocenters. The quantitative estimate of drug-likeness (QED) is 0.147. The van der Waals surface area contributed by atoms with E-state index < -0.39 is 58.6 Å². The molecular weight excluding hydrogens is 668 g/mol. The molecule has 2 aliphatic heterocycles. The fourth-order valence-corrected chi connectivity index (χ4v) is 10.1. The molecular formula is C36H33ClN4O7S. The summed E-state index contributed by atoms with van der Waals surface area (Å²) in [5.41, 5.74) is 1.70. The first-order valence-electron chi connectivity index (χ1n) is 16.2. The summed E-state index contributed by atoms with van der Waals surface area (Å²) in [6.07, 6.45) is 2.25. The Kier molecular flexibility index (Phi) is 7.12. The van der Waals surface area contributed by atoms with E-state index in [2.05, 4.69) is 0 Å². The Hall–Kier alpha value is -4.52. The predicted molar refractivity (Wildman–Crippen MR) is 181 cm³/mol. The summed E-state index contributed by atoms with van der Waals surface area (Å²) in [5, 5.41) is 27.5. The van der Waals surface area contributed by atoms with Crippen LogP contribution in [-0.4, -0.2) is 55.4 Å². The van der Waals surface area contributed by atoms with E-state index in [1.165, 1.54) is 15.6 Å². The highest BCUT2D eigenvalue weighted by Gasteiger charge is 2.68. The van der Waals surface area contributed by atoms with Crippen molar-refractivity contribution in [2.24, 2.45) is 36.1 Å². The number of aromatic nitrogens is 2. The Morgan fingerprint density at radius 3 is 2.59 bits per heavy atom. The highest BCUT2D eigenvalue weighted by atomic mass is 35.5. The predicted octanol–water partition coefficient (Wildman–Crippen LogP) is 5.99. The number of nitrogens with zero attached hydrogens (tertiary/aromatic N) is 4. The minimum atomic E-state index is -1.30. The third-order valence-corrected chi connectivity index (χ3v) is 12.6. The fourth-order valence-electron chi connectivity index (χ4n) is 8.79. The van der Waals surface area contributed by atoms with E-state index in [1.807, 2.05) is 31.2 Å². The number of hydroxylamine groups is 2. The molecule has 2 aromatic heterocycles. The second kappa shape index (κ2) is 11.0. The van der Waals surface area contributed by atoms with Gasteiger partial charge in [-0.15, -0.1) is 11.3 Å². The largest absolute Gasteiger partial charge is 0.504 e. The SMILES string of the molecule is CCOc1cc(C2C3=CCC4C(=O)N(O)C(=O)C4C3CC3C(=O)N(c4cc(-c5sc6ccc(Cl)cc6c5C)nn4C)C(=O)C32C)ccc1O. The summed E-state index contributed by atoms with van der Waals surface area (Å²) < 4.78 is 8.29. The van der Waals surface area contributed by atoms with Gasteiger partial charge in [0.1, 0.15) is 11.5 Å². The highest BCUT2D eigenvalue weighted by Crippen LogP contribution is 2.64. The standard InChI is InChI=1S/C36H33ClN4O7S/c1-5-48-26-12-17(6-10-25(26)42)30-19-8-9-20-29(34(45)41(47)32(20)43)22(19)14-23-33(44)40(35(46)36(23,30)3)28-15-24(38-39(28)4)31-16(2)21-13-18(37)7-11-27(21)49-31/h6-8,10-13,15,20,22-23,29-30,42,47H,5,9,14H2,1-4H3. The number of phenolic OH excluding ortho intramolecular Hbond substituents is 1. The van der Waals surface area contributed by atoms with Gasteiger partial charge in [-0.3, -0.25) is 29.1 Å². The second-order valence-corrected chi connectivity index (χ2v) is 15.0. The molecule has 252 valence electrons. The van der Waals surface area contributed by atoms with E-state index >= 15 is 0 Å². The fraction of sp³-hybridized carbons (Fsp3) is 0.361. The number of carbonyl (C=O) groups excluding carboxylic acids is 4. The van der Waals surface area contributed by atoms with Crippen molar-refractivity contribution >= 4 is 62.5 Å². The zero-order valence-electron chi connectivity index (χ0n) is 27.1. The van der Waals surface area contributed by atoms with Crippen molar-refractivity contribution < 1.29 is 34.2 Å². The summed E-state index contributed by atoms with van der Waals surface area (Å²) in [4.78, 5) is 57.9. The molecule has 13 heteroatoms. The third kappa shape index (κ3) is 4.33. The maximum Gasteiger partial charge on any atom is 0.257 e. The van der Waals surface area contributed by atoms with Crippen molar-refractivity contribution in [3.8, 4) is 22.1 Å². The van der Waals surface area contributed by atoms with E-state index in [4.69, 9.17) is 21.4 Å². The van der Waals surface area contributed by atoms with E-state index in [9.17, 15) is 29.5 Å². The number of phenols is 1. The first-order chi connectivity index (χ1) is 23.4. The molecule has 4 aliphatic rings. The number of thiophene rings is 1. The Labute approximate surface area is 290 Å². The number of fused-ring (bicyclic) bond motifs is 5. The molecule has 6 unspecified atom stereocenters. The molecule has 4 aromatic rings. The first-order valence-corrected chi connectivity index (χ1v) is 17.4. The van der Waals surface area contributed by atoms with Gasteiger partial charge in [0.05, 0.1) is 34.7 Å². The summed E-state index contributed by atoms with van der Waals surface area (Å²) in [5.74, 6) is -5.46. The topological polar surface area (TPSA) is 142 Å². The van der Waals surface area contributed by atoms with Gasteiger partial charge in [-0.1, -0.05) is 29.3 Å². The van der Waals surface area contributed by atoms with Crippen LogP contribution in [0.1, 0.15) is 43.7 Å². The summed E-state index contributed by atoms with van der Waals surface area (Å²) >= 11 is 7.83. The number of carbonyl (C=O) groups is 4. The first kappa shape index (κ1) is 31.7. The van der Waals surface area contributed by atoms with E-state index in [1.54, 1.807) is 50.4 Å². The van der Waals surface area contributed by atoms with Crippen LogP contribution >= 0.6 is 22.9 Å². The minimum absolute atomic E-state index is 0.0680. The molecule has 1 saturated carbocycles. The van der Waals surface area contributed by atoms with Crippen LogP contribution in [0.4, 0.5) is 5.82 Å². The third-order valence-electron chi connectivity index (χ3n) is 11.1.